The number of rotatable bonds is 0. The summed E-state index contributed by atoms with van der Waals surface area (Å²) in [5.74, 6) is 0. The van der Waals surface area contributed by atoms with Crippen molar-refractivity contribution in [3.63, 3.8) is 0 Å². The van der Waals surface area contributed by atoms with Crippen LogP contribution in [0.5, 0.6) is 0 Å². The van der Waals surface area contributed by atoms with Crippen LogP contribution in [0.1, 0.15) is 38.5 Å². The maximum absolute atomic E-state index is 3.22. The Hall–Kier alpha value is -0.0400. The van der Waals surface area contributed by atoms with E-state index < -0.39 is 0 Å². The summed E-state index contributed by atoms with van der Waals surface area (Å²) in [5.41, 5.74) is 0. The van der Waals surface area contributed by atoms with Gasteiger partial charge in [0.05, 0.1) is 0 Å². The van der Waals surface area contributed by atoms with Gasteiger partial charge in [-0.05, 0) is 25.9 Å². The van der Waals surface area contributed by atoms with Crippen molar-refractivity contribution in [2.75, 3.05) is 13.1 Å². The molecule has 0 aromatic carbocycles. The maximum Gasteiger partial charge on any atom is -0.00484 e. The van der Waals surface area contributed by atoms with Gasteiger partial charge in [0.25, 0.3) is 0 Å². The Labute approximate surface area is 57.8 Å². The normalized spacial score (nSPS) is 24.0. The molecule has 0 aromatic rings. The van der Waals surface area contributed by atoms with Crippen LogP contribution in [-0.2, 0) is 0 Å². The number of hydrogen-bond donors (Lipinski definition) is 1. The zero-order chi connectivity index (χ0) is 6.36. The average Bonchev–Trinajstić information content (AvgIpc) is 2.07. The monoisotopic (exact) mass is 127 g/mol. The highest BCUT2D eigenvalue weighted by Crippen LogP contribution is 2.15. The first-order chi connectivity index (χ1) is 4.50. The molecule has 1 aliphatic heterocycles. The summed E-state index contributed by atoms with van der Waals surface area (Å²) in [4.78, 5) is 0. The van der Waals surface area contributed by atoms with E-state index >= 15 is 0 Å². The van der Waals surface area contributed by atoms with Crippen molar-refractivity contribution in [1.29, 1.82) is 0 Å². The van der Waals surface area contributed by atoms with Crippen molar-refractivity contribution in [3.05, 3.63) is 0 Å². The minimum Gasteiger partial charge on any atom is -0.317 e. The fourth-order valence-corrected chi connectivity index (χ4v) is 0.875. The molecule has 1 N–H and O–H groups in total. The summed E-state index contributed by atoms with van der Waals surface area (Å²) in [5, 5.41) is 3.22. The molecule has 54 valence electrons. The molecule has 0 aromatic heterocycles. The molecule has 2 rings (SSSR count). The van der Waals surface area contributed by atoms with Crippen molar-refractivity contribution in [3.8, 4) is 0 Å². The molecule has 2 fully saturated rings. The molecule has 0 bridgehead atoms. The Kier molecular flexibility index (Phi) is 3.77. The first kappa shape index (κ1) is 7.07. The molecule has 1 nitrogen and oxygen atoms in total. The van der Waals surface area contributed by atoms with Gasteiger partial charge in [-0.2, -0.15) is 0 Å². The van der Waals surface area contributed by atoms with Gasteiger partial charge in [0.2, 0.25) is 0 Å². The third kappa shape index (κ3) is 3.52. The maximum atomic E-state index is 3.22. The number of hydrogen-bond acceptors (Lipinski definition) is 1. The van der Waals surface area contributed by atoms with Crippen molar-refractivity contribution in [2.45, 2.75) is 38.5 Å². The lowest BCUT2D eigenvalue weighted by molar-refractivity contribution is 0.504. The molecular formula is C8H17N. The van der Waals surface area contributed by atoms with Crippen LogP contribution in [-0.4, -0.2) is 13.1 Å². The Bertz CT molecular complexity index is 42.0. The van der Waals surface area contributed by atoms with Crippen molar-refractivity contribution in [2.24, 2.45) is 0 Å². The Balaban J connectivity index is 0.0000000922. The van der Waals surface area contributed by atoms with Gasteiger partial charge in [-0.3, -0.25) is 0 Å². The van der Waals surface area contributed by atoms with Gasteiger partial charge in [-0.25, -0.2) is 0 Å². The molecule has 0 radical (unpaired) electrons. The molecule has 1 aliphatic carbocycles. The molecule has 0 atom stereocenters. The lowest BCUT2D eigenvalue weighted by Gasteiger charge is -2.05. The zero-order valence-electron chi connectivity index (χ0n) is 6.16. The van der Waals surface area contributed by atoms with Crippen LogP contribution in [0, 0.1) is 0 Å². The largest absolute Gasteiger partial charge is 0.317 e. The number of nitrogens with one attached hydrogen (secondary N) is 1. The second-order valence-electron chi connectivity index (χ2n) is 2.87. The summed E-state index contributed by atoms with van der Waals surface area (Å²) in [6, 6.07) is 0. The topological polar surface area (TPSA) is 12.0 Å². The highest BCUT2D eigenvalue weighted by atomic mass is 14.9. The second kappa shape index (κ2) is 4.80. The summed E-state index contributed by atoms with van der Waals surface area (Å²) in [6.07, 6.45) is 8.78. The van der Waals surface area contributed by atoms with E-state index in [2.05, 4.69) is 5.32 Å². The Morgan fingerprint density at radius 3 is 1.11 bits per heavy atom. The van der Waals surface area contributed by atoms with Gasteiger partial charge in [-0.15, -0.1) is 0 Å². The van der Waals surface area contributed by atoms with Crippen LogP contribution >= 0.6 is 0 Å². The molecule has 1 heterocycles. The summed E-state index contributed by atoms with van der Waals surface area (Å²) in [6.45, 7) is 2.50. The Morgan fingerprint density at radius 2 is 1.00 bits per heavy atom. The summed E-state index contributed by atoms with van der Waals surface area (Å²) >= 11 is 0. The smallest absolute Gasteiger partial charge is 0.00484 e. The molecule has 0 amide bonds. The van der Waals surface area contributed by atoms with E-state index in [-0.39, 0.29) is 0 Å². The quantitative estimate of drug-likeness (QED) is 0.524. The van der Waals surface area contributed by atoms with Crippen molar-refractivity contribution >= 4 is 0 Å². The van der Waals surface area contributed by atoms with E-state index in [9.17, 15) is 0 Å². The average molecular weight is 127 g/mol. The molecule has 0 unspecified atom stereocenters. The van der Waals surface area contributed by atoms with Crippen LogP contribution < -0.4 is 5.32 Å². The minimum absolute atomic E-state index is 1.25. The lowest BCUT2D eigenvalue weighted by atomic mass is 10.0. The minimum atomic E-state index is 1.25. The fraction of sp³-hybridized carbons (Fsp3) is 1.00. The fourth-order valence-electron chi connectivity index (χ4n) is 0.875. The van der Waals surface area contributed by atoms with Crippen LogP contribution in [0.3, 0.4) is 0 Å². The van der Waals surface area contributed by atoms with Gasteiger partial charge in [-0.1, -0.05) is 25.7 Å². The standard InChI is InChI=1S/C4H9N.C4H8/c1-2-4-5-3-1;1-2-4-3-1/h5H,1-4H2;1-4H2. The van der Waals surface area contributed by atoms with E-state index in [1.54, 1.807) is 0 Å². The lowest BCUT2D eigenvalue weighted by Crippen LogP contribution is -2.03. The predicted octanol–water partition coefficient (Wildman–Crippen LogP) is 1.93. The molecule has 1 saturated heterocycles. The van der Waals surface area contributed by atoms with Crippen LogP contribution in [0.4, 0.5) is 0 Å². The van der Waals surface area contributed by atoms with Crippen LogP contribution in [0.15, 0.2) is 0 Å². The molecule has 2 aliphatic rings. The van der Waals surface area contributed by atoms with Crippen LogP contribution in [0.25, 0.3) is 0 Å². The molecule has 1 saturated carbocycles. The molecule has 1 heteroatoms. The van der Waals surface area contributed by atoms with E-state index in [0.717, 1.165) is 0 Å². The van der Waals surface area contributed by atoms with Gasteiger partial charge in [0.15, 0.2) is 0 Å². The van der Waals surface area contributed by atoms with Crippen molar-refractivity contribution < 1.29 is 0 Å². The second-order valence-corrected chi connectivity index (χ2v) is 2.87. The summed E-state index contributed by atoms with van der Waals surface area (Å²) < 4.78 is 0. The molecule has 0 spiro atoms. The van der Waals surface area contributed by atoms with Gasteiger partial charge < -0.3 is 5.32 Å². The highest BCUT2D eigenvalue weighted by molar-refractivity contribution is 4.55. The predicted molar refractivity (Wildman–Crippen MR) is 40.6 cm³/mol. The first-order valence-electron chi connectivity index (χ1n) is 4.21. The highest BCUT2D eigenvalue weighted by Gasteiger charge is 1.95. The van der Waals surface area contributed by atoms with Gasteiger partial charge >= 0.3 is 0 Å². The van der Waals surface area contributed by atoms with Gasteiger partial charge in [0, 0.05) is 0 Å². The van der Waals surface area contributed by atoms with E-state index in [1.165, 1.54) is 51.6 Å². The van der Waals surface area contributed by atoms with Crippen molar-refractivity contribution in [1.82, 2.24) is 5.32 Å². The zero-order valence-corrected chi connectivity index (χ0v) is 6.16. The molecule has 9 heavy (non-hydrogen) atoms. The third-order valence-corrected chi connectivity index (χ3v) is 1.96. The van der Waals surface area contributed by atoms with E-state index in [0.29, 0.717) is 0 Å². The Morgan fingerprint density at radius 1 is 0.556 bits per heavy atom. The summed E-state index contributed by atoms with van der Waals surface area (Å²) in [7, 11) is 0. The first-order valence-corrected chi connectivity index (χ1v) is 4.21. The van der Waals surface area contributed by atoms with Gasteiger partial charge in [0.1, 0.15) is 0 Å². The third-order valence-electron chi connectivity index (χ3n) is 1.96. The SMILES string of the molecule is C1CCC1.C1CCNC1. The molecular weight excluding hydrogens is 110 g/mol. The van der Waals surface area contributed by atoms with E-state index in [4.69, 9.17) is 0 Å². The van der Waals surface area contributed by atoms with Crippen LogP contribution in [0.2, 0.25) is 0 Å². The van der Waals surface area contributed by atoms with E-state index in [1.807, 2.05) is 0 Å².